The van der Waals surface area contributed by atoms with Crippen LogP contribution < -0.4 is 4.90 Å². The molecule has 0 radical (unpaired) electrons. The van der Waals surface area contributed by atoms with Crippen molar-refractivity contribution in [2.45, 2.75) is 51.7 Å². The van der Waals surface area contributed by atoms with Gasteiger partial charge in [0, 0.05) is 13.1 Å². The predicted molar refractivity (Wildman–Crippen MR) is 79.6 cm³/mol. The van der Waals surface area contributed by atoms with Gasteiger partial charge < -0.3 is 10.0 Å². The van der Waals surface area contributed by atoms with Crippen molar-refractivity contribution in [1.82, 2.24) is 4.98 Å². The molecule has 1 aromatic rings. The first kappa shape index (κ1) is 14.6. The Bertz CT molecular complexity index is 417. The number of hydrogen-bond donors (Lipinski definition) is 1. The van der Waals surface area contributed by atoms with Crippen molar-refractivity contribution < 1.29 is 5.11 Å². The molecule has 1 aliphatic rings. The van der Waals surface area contributed by atoms with Gasteiger partial charge in [0.25, 0.3) is 0 Å². The Morgan fingerprint density at radius 2 is 2.00 bits per heavy atom. The molecular weight excluding hydrogens is 260 g/mol. The molecule has 0 aliphatic heterocycles. The van der Waals surface area contributed by atoms with Gasteiger partial charge in [-0.25, -0.2) is 4.98 Å². The summed E-state index contributed by atoms with van der Waals surface area (Å²) < 4.78 is 0. The topological polar surface area (TPSA) is 36.4 Å². The van der Waals surface area contributed by atoms with E-state index in [1.54, 1.807) is 0 Å². The highest BCUT2D eigenvalue weighted by molar-refractivity contribution is 6.31. The summed E-state index contributed by atoms with van der Waals surface area (Å²) in [5.41, 5.74) is 0.563. The summed E-state index contributed by atoms with van der Waals surface area (Å²) in [6, 6.07) is 4.32. The molecule has 1 heterocycles. The number of hydrogen-bond acceptors (Lipinski definition) is 3. The van der Waals surface area contributed by atoms with Crippen LogP contribution in [0.4, 0.5) is 5.82 Å². The lowest BCUT2D eigenvalue weighted by Gasteiger charge is -2.35. The molecule has 106 valence electrons. The molecule has 4 heteroatoms. The summed E-state index contributed by atoms with van der Waals surface area (Å²) in [7, 11) is 2.09. The molecule has 19 heavy (non-hydrogen) atoms. The van der Waals surface area contributed by atoms with Crippen molar-refractivity contribution in [3.05, 3.63) is 22.8 Å². The normalized spacial score (nSPS) is 23.4. The van der Waals surface area contributed by atoms with E-state index in [4.69, 9.17) is 11.6 Å². The van der Waals surface area contributed by atoms with Gasteiger partial charge in [0.15, 0.2) is 0 Å². The van der Waals surface area contributed by atoms with E-state index in [-0.39, 0.29) is 6.61 Å². The van der Waals surface area contributed by atoms with Crippen LogP contribution in [0, 0.1) is 5.92 Å². The molecule has 1 aromatic heterocycles. The van der Waals surface area contributed by atoms with Crippen LogP contribution in [0.1, 0.15) is 44.7 Å². The molecule has 0 atom stereocenters. The Hall–Kier alpha value is -0.800. The third kappa shape index (κ3) is 3.40. The second-order valence-electron chi connectivity index (χ2n) is 5.45. The van der Waals surface area contributed by atoms with Crippen molar-refractivity contribution in [1.29, 1.82) is 0 Å². The van der Waals surface area contributed by atoms with Gasteiger partial charge in [-0.05, 0) is 43.7 Å². The SMILES string of the molecule is CCC1CCC(N(C)c2ccc(Cl)c(CO)n2)CC1. The van der Waals surface area contributed by atoms with Gasteiger partial charge in [0.1, 0.15) is 5.82 Å². The average molecular weight is 283 g/mol. The first-order valence-electron chi connectivity index (χ1n) is 7.14. The lowest BCUT2D eigenvalue weighted by Crippen LogP contribution is -2.35. The third-order valence-electron chi connectivity index (χ3n) is 4.36. The maximum Gasteiger partial charge on any atom is 0.129 e. The number of rotatable bonds is 4. The Labute approximate surface area is 120 Å². The van der Waals surface area contributed by atoms with Crippen LogP contribution in [-0.2, 0) is 6.61 Å². The van der Waals surface area contributed by atoms with E-state index >= 15 is 0 Å². The van der Waals surface area contributed by atoms with Gasteiger partial charge in [-0.15, -0.1) is 0 Å². The zero-order valence-electron chi connectivity index (χ0n) is 11.8. The summed E-state index contributed by atoms with van der Waals surface area (Å²) >= 11 is 5.98. The van der Waals surface area contributed by atoms with Crippen LogP contribution in [0.2, 0.25) is 5.02 Å². The molecule has 1 saturated carbocycles. The van der Waals surface area contributed by atoms with Gasteiger partial charge >= 0.3 is 0 Å². The fourth-order valence-electron chi connectivity index (χ4n) is 2.91. The zero-order chi connectivity index (χ0) is 13.8. The molecule has 0 aromatic carbocycles. The fourth-order valence-corrected chi connectivity index (χ4v) is 3.07. The second-order valence-corrected chi connectivity index (χ2v) is 5.86. The lowest BCUT2D eigenvalue weighted by atomic mass is 9.84. The Balaban J connectivity index is 2.05. The zero-order valence-corrected chi connectivity index (χ0v) is 12.5. The van der Waals surface area contributed by atoms with E-state index in [1.807, 2.05) is 12.1 Å². The minimum atomic E-state index is -0.108. The van der Waals surface area contributed by atoms with Gasteiger partial charge in [-0.1, -0.05) is 24.9 Å². The van der Waals surface area contributed by atoms with Gasteiger partial charge in [0.05, 0.1) is 17.3 Å². The largest absolute Gasteiger partial charge is 0.390 e. The molecule has 0 unspecified atom stereocenters. The standard InChI is InChI=1S/C15H23ClN2O/c1-3-11-4-6-12(7-5-11)18(2)15-9-8-13(16)14(10-19)17-15/h8-9,11-12,19H,3-7,10H2,1-2H3. The summed E-state index contributed by atoms with van der Waals surface area (Å²) in [5.74, 6) is 1.81. The van der Waals surface area contributed by atoms with Gasteiger partial charge in [-0.2, -0.15) is 0 Å². The maximum atomic E-state index is 9.24. The van der Waals surface area contributed by atoms with Gasteiger partial charge in [0.2, 0.25) is 0 Å². The number of aliphatic hydroxyl groups is 1. The second kappa shape index (κ2) is 6.58. The smallest absolute Gasteiger partial charge is 0.129 e. The molecule has 1 fully saturated rings. The molecule has 1 N–H and O–H groups in total. The van der Waals surface area contributed by atoms with E-state index in [1.165, 1.54) is 32.1 Å². The molecule has 3 nitrogen and oxygen atoms in total. The molecule has 0 spiro atoms. The van der Waals surface area contributed by atoms with Crippen LogP contribution in [0.3, 0.4) is 0 Å². The number of halogens is 1. The van der Waals surface area contributed by atoms with E-state index < -0.39 is 0 Å². The molecule has 0 bridgehead atoms. The minimum Gasteiger partial charge on any atom is -0.390 e. The monoisotopic (exact) mass is 282 g/mol. The predicted octanol–water partition coefficient (Wildman–Crippen LogP) is 3.63. The number of pyridine rings is 1. The average Bonchev–Trinajstić information content (AvgIpc) is 2.47. The van der Waals surface area contributed by atoms with Crippen molar-refractivity contribution in [2.24, 2.45) is 5.92 Å². The lowest BCUT2D eigenvalue weighted by molar-refractivity contribution is 0.276. The quantitative estimate of drug-likeness (QED) is 0.916. The summed E-state index contributed by atoms with van der Waals surface area (Å²) in [5, 5.41) is 9.77. The first-order valence-corrected chi connectivity index (χ1v) is 7.52. The molecular formula is C15H23ClN2O. The van der Waals surface area contributed by atoms with Crippen LogP contribution in [-0.4, -0.2) is 23.2 Å². The Kier molecular flexibility index (Phi) is 5.06. The summed E-state index contributed by atoms with van der Waals surface area (Å²) in [4.78, 5) is 6.69. The van der Waals surface area contributed by atoms with E-state index in [9.17, 15) is 5.11 Å². The summed E-state index contributed by atoms with van der Waals surface area (Å²) in [6.45, 7) is 2.17. The summed E-state index contributed by atoms with van der Waals surface area (Å²) in [6.07, 6.45) is 6.38. The van der Waals surface area contributed by atoms with Crippen molar-refractivity contribution in [2.75, 3.05) is 11.9 Å². The number of aliphatic hydroxyl groups excluding tert-OH is 1. The van der Waals surface area contributed by atoms with Gasteiger partial charge in [-0.3, -0.25) is 0 Å². The highest BCUT2D eigenvalue weighted by atomic mass is 35.5. The third-order valence-corrected chi connectivity index (χ3v) is 4.70. The Morgan fingerprint density at radius 1 is 1.32 bits per heavy atom. The van der Waals surface area contributed by atoms with Crippen LogP contribution in [0.5, 0.6) is 0 Å². The van der Waals surface area contributed by atoms with Crippen LogP contribution >= 0.6 is 11.6 Å². The first-order chi connectivity index (χ1) is 9.15. The molecule has 1 aliphatic carbocycles. The number of aromatic nitrogens is 1. The van der Waals surface area contributed by atoms with E-state index in [2.05, 4.69) is 23.9 Å². The van der Waals surface area contributed by atoms with Crippen molar-refractivity contribution in [3.63, 3.8) is 0 Å². The van der Waals surface area contributed by atoms with Crippen molar-refractivity contribution >= 4 is 17.4 Å². The highest BCUT2D eigenvalue weighted by Gasteiger charge is 2.24. The van der Waals surface area contributed by atoms with Crippen molar-refractivity contribution in [3.8, 4) is 0 Å². The molecule has 0 amide bonds. The number of anilines is 1. The van der Waals surface area contributed by atoms with E-state index in [0.717, 1.165) is 11.7 Å². The maximum absolute atomic E-state index is 9.24. The van der Waals surface area contributed by atoms with Crippen LogP contribution in [0.25, 0.3) is 0 Å². The number of nitrogens with zero attached hydrogens (tertiary/aromatic N) is 2. The minimum absolute atomic E-state index is 0.108. The van der Waals surface area contributed by atoms with Crippen LogP contribution in [0.15, 0.2) is 12.1 Å². The molecule has 0 saturated heterocycles. The van der Waals surface area contributed by atoms with E-state index in [0.29, 0.717) is 16.8 Å². The Morgan fingerprint density at radius 3 is 2.58 bits per heavy atom. The molecule has 2 rings (SSSR count). The fraction of sp³-hybridized carbons (Fsp3) is 0.667. The highest BCUT2D eigenvalue weighted by Crippen LogP contribution is 2.31.